The molecular formula is C92H69SiZr. The molecule has 2 unspecified atom stereocenters. The summed E-state index contributed by atoms with van der Waals surface area (Å²) in [7, 11) is 0. The normalized spacial score (nSPS) is 14.5. The molecule has 2 atom stereocenters. The average Bonchev–Trinajstić information content (AvgIpc) is 1.50. The van der Waals surface area contributed by atoms with Gasteiger partial charge in [-0.1, -0.05) is 0 Å². The topological polar surface area (TPSA) is 0 Å². The molecular weight excluding hydrogens is 1220 g/mol. The maximum atomic E-state index is 2.81. The molecule has 16 aromatic rings. The first kappa shape index (κ1) is 56.9. The molecule has 0 bridgehead atoms. The van der Waals surface area contributed by atoms with Gasteiger partial charge in [-0.25, -0.2) is 0 Å². The van der Waals surface area contributed by atoms with Crippen LogP contribution in [0.3, 0.4) is 0 Å². The molecule has 0 saturated carbocycles. The Morgan fingerprint density at radius 3 is 0.755 bits per heavy atom. The molecule has 2 aliphatic carbocycles. The predicted molar refractivity (Wildman–Crippen MR) is 405 cm³/mol. The van der Waals surface area contributed by atoms with Gasteiger partial charge in [0.05, 0.1) is 0 Å². The van der Waals surface area contributed by atoms with E-state index in [0.29, 0.717) is 0 Å². The van der Waals surface area contributed by atoms with Gasteiger partial charge in [0.1, 0.15) is 0 Å². The van der Waals surface area contributed by atoms with Crippen LogP contribution in [0.5, 0.6) is 0 Å². The van der Waals surface area contributed by atoms with Gasteiger partial charge in [0.2, 0.25) is 0 Å². The van der Waals surface area contributed by atoms with Crippen LogP contribution in [0.1, 0.15) is 53.5 Å². The summed E-state index contributed by atoms with van der Waals surface area (Å²) in [6.07, 6.45) is 9.57. The number of fused-ring (bicyclic) bond motifs is 10. The van der Waals surface area contributed by atoms with E-state index in [9.17, 15) is 0 Å². The molecule has 0 fully saturated rings. The second-order valence-corrected chi connectivity index (χ2v) is 46.7. The first-order valence-corrected chi connectivity index (χ1v) is 43.8. The molecule has 0 radical (unpaired) electrons. The van der Waals surface area contributed by atoms with E-state index in [0.717, 1.165) is 25.7 Å². The van der Waals surface area contributed by atoms with Gasteiger partial charge in [0.25, 0.3) is 0 Å². The van der Waals surface area contributed by atoms with Gasteiger partial charge in [-0.15, -0.1) is 0 Å². The Bertz CT molecular complexity index is 5220. The van der Waals surface area contributed by atoms with E-state index >= 15 is 0 Å². The van der Waals surface area contributed by atoms with Crippen LogP contribution in [-0.2, 0) is 33.8 Å². The molecule has 2 aliphatic rings. The second-order valence-electron chi connectivity index (χ2n) is 26.7. The van der Waals surface area contributed by atoms with Crippen molar-refractivity contribution < 1.29 is 20.9 Å². The third kappa shape index (κ3) is 9.55. The molecule has 0 nitrogen and oxygen atoms in total. The van der Waals surface area contributed by atoms with Gasteiger partial charge in [0, 0.05) is 0 Å². The standard InChI is InChI=1S/2C45H31.C2H7Si.Zr/c2*1-2-12-30(13-3-1)22-23-31-26-42-40(44-36-18-8-4-14-32(36)28-33-15-5-9-19-37(33)44)24-25-41(43(42)27-31)45-38-20-10-6-16-34(38)29-35-17-7-11-21-39(35)45;1-3-2;/h2*1-21,24-29H,22-23H2;3H,1-2H3;. The van der Waals surface area contributed by atoms with Crippen LogP contribution in [0.2, 0.25) is 13.1 Å². The molecule has 0 amide bonds. The third-order valence-corrected chi connectivity index (χ3v) is 42.8. The molecule has 0 aromatic heterocycles. The van der Waals surface area contributed by atoms with Gasteiger partial charge >= 0.3 is 564 Å². The van der Waals surface area contributed by atoms with E-state index < -0.39 is 26.8 Å². The molecule has 0 spiro atoms. The SMILES string of the molecule is C[SiH](C)[Zr]([CH]1C(CCc2ccccc2)=Cc2c(-c3c4ccccc4cc4ccccc34)ccc(-c3c4ccccc4cc4ccccc34)c21)[CH]1C(CCc2ccccc2)=Cc2c(-c3c4ccccc4cc4ccccc34)ccc(-c3c4ccccc4cc4ccccc34)c21. The summed E-state index contributed by atoms with van der Waals surface area (Å²) in [6, 6.07) is 117. The van der Waals surface area contributed by atoms with Crippen LogP contribution in [0.25, 0.3) is 143 Å². The molecule has 0 saturated heterocycles. The van der Waals surface area contributed by atoms with Gasteiger partial charge in [-0.2, -0.15) is 0 Å². The number of allylic oxidation sites excluding steroid dienone is 2. The van der Waals surface area contributed by atoms with Crippen LogP contribution in [0, 0.1) is 0 Å². The fraction of sp³-hybridized carbons (Fsp3) is 0.0870. The van der Waals surface area contributed by atoms with Crippen molar-refractivity contribution >= 4 is 104 Å². The molecule has 2 heteroatoms. The average molecular weight is 1290 g/mol. The third-order valence-electron chi connectivity index (χ3n) is 21.1. The molecule has 445 valence electrons. The van der Waals surface area contributed by atoms with Crippen LogP contribution in [-0.4, -0.2) is 5.92 Å². The van der Waals surface area contributed by atoms with Crippen molar-refractivity contribution in [3.05, 3.63) is 348 Å². The van der Waals surface area contributed by atoms with Crippen LogP contribution in [0.4, 0.5) is 0 Å². The fourth-order valence-corrected chi connectivity index (χ4v) is 40.0. The molecule has 16 aromatic carbocycles. The molecule has 94 heavy (non-hydrogen) atoms. The Hall–Kier alpha value is -9.82. The zero-order chi connectivity index (χ0) is 62.4. The summed E-state index contributed by atoms with van der Waals surface area (Å²) in [5.74, 6) is -1.64. The number of rotatable bonds is 13. The fourth-order valence-electron chi connectivity index (χ4n) is 17.1. The van der Waals surface area contributed by atoms with E-state index in [4.69, 9.17) is 0 Å². The summed E-state index contributed by atoms with van der Waals surface area (Å²) in [6.45, 7) is 5.61. The maximum absolute atomic E-state index is 3.25. The van der Waals surface area contributed by atoms with Crippen LogP contribution in [0.15, 0.2) is 314 Å². The Kier molecular flexibility index (Phi) is 14.3. The zero-order valence-corrected chi connectivity index (χ0v) is 56.7. The first-order valence-electron chi connectivity index (χ1n) is 33.8. The van der Waals surface area contributed by atoms with E-state index in [-0.39, 0.29) is 7.25 Å². The number of hydrogen-bond donors (Lipinski definition) is 0. The quantitative estimate of drug-likeness (QED) is 0.0797. The second kappa shape index (κ2) is 23.6. The monoisotopic (exact) mass is 1290 g/mol. The molecule has 0 heterocycles. The van der Waals surface area contributed by atoms with Crippen molar-refractivity contribution in [2.45, 2.75) is 46.0 Å². The van der Waals surface area contributed by atoms with Crippen molar-refractivity contribution in [1.29, 1.82) is 0 Å². The van der Waals surface area contributed by atoms with Gasteiger partial charge < -0.3 is 0 Å². The van der Waals surface area contributed by atoms with E-state index in [1.165, 1.54) is 153 Å². The number of benzene rings is 16. The van der Waals surface area contributed by atoms with Gasteiger partial charge in [0.15, 0.2) is 0 Å². The summed E-state index contributed by atoms with van der Waals surface area (Å²) in [5, 5.41) is 20.8. The molecule has 0 aliphatic heterocycles. The van der Waals surface area contributed by atoms with Crippen molar-refractivity contribution in [3.63, 3.8) is 0 Å². The Morgan fingerprint density at radius 1 is 0.255 bits per heavy atom. The van der Waals surface area contributed by atoms with Crippen molar-refractivity contribution in [1.82, 2.24) is 0 Å². The Balaban J connectivity index is 0.987. The van der Waals surface area contributed by atoms with E-state index in [1.54, 1.807) is 22.3 Å². The summed E-state index contributed by atoms with van der Waals surface area (Å²) in [4.78, 5) is 0. The first-order chi connectivity index (χ1) is 46.5. The Morgan fingerprint density at radius 2 is 0.489 bits per heavy atom. The molecule has 18 rings (SSSR count). The predicted octanol–water partition coefficient (Wildman–Crippen LogP) is 25.0. The number of hydrogen-bond acceptors (Lipinski definition) is 0. The Labute approximate surface area is 559 Å². The molecule has 0 N–H and O–H groups in total. The zero-order valence-electron chi connectivity index (χ0n) is 53.1. The number of aryl methyl sites for hydroxylation is 2. The van der Waals surface area contributed by atoms with Crippen LogP contribution >= 0.6 is 0 Å². The van der Waals surface area contributed by atoms with Crippen molar-refractivity contribution in [2.75, 3.05) is 0 Å². The minimum atomic E-state index is -3.25. The van der Waals surface area contributed by atoms with Gasteiger partial charge in [-0.05, 0) is 0 Å². The van der Waals surface area contributed by atoms with E-state index in [2.05, 4.69) is 329 Å². The minimum absolute atomic E-state index is 0.261. The summed E-state index contributed by atoms with van der Waals surface area (Å²) in [5.41, 5.74) is 23.1. The summed E-state index contributed by atoms with van der Waals surface area (Å²) < 4.78 is 0.522. The van der Waals surface area contributed by atoms with Crippen LogP contribution < -0.4 is 0 Å². The van der Waals surface area contributed by atoms with Gasteiger partial charge in [-0.3, -0.25) is 0 Å². The van der Waals surface area contributed by atoms with Crippen molar-refractivity contribution in [2.24, 2.45) is 0 Å². The summed E-state index contributed by atoms with van der Waals surface area (Å²) >= 11 is -3.25. The van der Waals surface area contributed by atoms with E-state index in [1.807, 2.05) is 0 Å². The van der Waals surface area contributed by atoms with Crippen molar-refractivity contribution in [3.8, 4) is 44.5 Å².